The SMILES string of the molecule is C=CCOc1cccc(NS(=O)(=O)c2ccc(OC)c(N3CCCC3=O)c2)c1. The van der Waals surface area contributed by atoms with Crippen molar-refractivity contribution in [3.05, 3.63) is 55.1 Å². The van der Waals surface area contributed by atoms with Crippen LogP contribution in [0.1, 0.15) is 12.8 Å². The number of hydrogen-bond donors (Lipinski definition) is 1. The first-order valence-corrected chi connectivity index (χ1v) is 10.3. The summed E-state index contributed by atoms with van der Waals surface area (Å²) in [5.41, 5.74) is 0.826. The topological polar surface area (TPSA) is 84.9 Å². The van der Waals surface area contributed by atoms with Gasteiger partial charge in [0, 0.05) is 19.0 Å². The Kier molecular flexibility index (Phi) is 5.89. The molecule has 0 aliphatic carbocycles. The van der Waals surface area contributed by atoms with Gasteiger partial charge in [0.1, 0.15) is 18.1 Å². The Balaban J connectivity index is 1.89. The average Bonchev–Trinajstić information content (AvgIpc) is 3.11. The Morgan fingerprint density at radius 1 is 1.25 bits per heavy atom. The second-order valence-electron chi connectivity index (χ2n) is 6.22. The number of methoxy groups -OCH3 is 1. The van der Waals surface area contributed by atoms with Crippen LogP contribution in [-0.2, 0) is 14.8 Å². The number of nitrogens with one attached hydrogen (secondary N) is 1. The predicted molar refractivity (Wildman–Crippen MR) is 108 cm³/mol. The van der Waals surface area contributed by atoms with E-state index in [2.05, 4.69) is 11.3 Å². The molecule has 1 amide bonds. The second kappa shape index (κ2) is 8.35. The van der Waals surface area contributed by atoms with Crippen molar-refractivity contribution < 1.29 is 22.7 Å². The van der Waals surface area contributed by atoms with Crippen LogP contribution in [0.3, 0.4) is 0 Å². The molecule has 0 aromatic heterocycles. The van der Waals surface area contributed by atoms with Crippen LogP contribution in [0.4, 0.5) is 11.4 Å². The monoisotopic (exact) mass is 402 g/mol. The molecule has 0 saturated carbocycles. The zero-order valence-corrected chi connectivity index (χ0v) is 16.4. The van der Waals surface area contributed by atoms with Gasteiger partial charge in [-0.3, -0.25) is 9.52 Å². The van der Waals surface area contributed by atoms with Crippen LogP contribution < -0.4 is 19.1 Å². The van der Waals surface area contributed by atoms with Crippen LogP contribution in [0.5, 0.6) is 11.5 Å². The van der Waals surface area contributed by atoms with Gasteiger partial charge >= 0.3 is 0 Å². The molecule has 1 aliphatic heterocycles. The smallest absolute Gasteiger partial charge is 0.261 e. The quantitative estimate of drug-likeness (QED) is 0.686. The molecule has 1 heterocycles. The van der Waals surface area contributed by atoms with Gasteiger partial charge in [-0.15, -0.1) is 0 Å². The van der Waals surface area contributed by atoms with Crippen molar-refractivity contribution in [3.63, 3.8) is 0 Å². The number of amides is 1. The average molecular weight is 402 g/mol. The summed E-state index contributed by atoms with van der Waals surface area (Å²) in [6.45, 7) is 4.44. The molecule has 1 N–H and O–H groups in total. The highest BCUT2D eigenvalue weighted by Crippen LogP contribution is 2.34. The molecule has 1 saturated heterocycles. The molecule has 0 atom stereocenters. The normalized spacial score (nSPS) is 14.0. The standard InChI is InChI=1S/C20H22N2O5S/c1-3-12-27-16-7-4-6-15(13-16)21-28(24,25)17-9-10-19(26-2)18(14-17)22-11-5-8-20(22)23/h3-4,6-7,9-10,13-14,21H,1,5,8,11-12H2,2H3. The molecule has 8 heteroatoms. The number of benzene rings is 2. The van der Waals surface area contributed by atoms with E-state index < -0.39 is 10.0 Å². The third-order valence-corrected chi connectivity index (χ3v) is 5.66. The van der Waals surface area contributed by atoms with Crippen molar-refractivity contribution in [1.82, 2.24) is 0 Å². The Labute approximate surface area is 164 Å². The van der Waals surface area contributed by atoms with E-state index in [1.54, 1.807) is 41.3 Å². The van der Waals surface area contributed by atoms with Crippen LogP contribution in [0.15, 0.2) is 60.0 Å². The minimum absolute atomic E-state index is 0.0420. The van der Waals surface area contributed by atoms with Crippen LogP contribution in [0.25, 0.3) is 0 Å². The molecule has 1 aliphatic rings. The summed E-state index contributed by atoms with van der Waals surface area (Å²) < 4.78 is 39.0. The van der Waals surface area contributed by atoms with E-state index in [1.807, 2.05) is 0 Å². The molecule has 0 bridgehead atoms. The Morgan fingerprint density at radius 3 is 2.75 bits per heavy atom. The lowest BCUT2D eigenvalue weighted by molar-refractivity contribution is -0.117. The van der Waals surface area contributed by atoms with E-state index >= 15 is 0 Å². The molecule has 28 heavy (non-hydrogen) atoms. The maximum Gasteiger partial charge on any atom is 0.261 e. The van der Waals surface area contributed by atoms with Gasteiger partial charge in [-0.05, 0) is 36.8 Å². The Morgan fingerprint density at radius 2 is 2.07 bits per heavy atom. The molecule has 0 spiro atoms. The fourth-order valence-electron chi connectivity index (χ4n) is 2.97. The van der Waals surface area contributed by atoms with Crippen molar-refractivity contribution in [1.29, 1.82) is 0 Å². The van der Waals surface area contributed by atoms with E-state index in [9.17, 15) is 13.2 Å². The number of ether oxygens (including phenoxy) is 2. The van der Waals surface area contributed by atoms with E-state index in [0.717, 1.165) is 6.42 Å². The van der Waals surface area contributed by atoms with Crippen LogP contribution in [0.2, 0.25) is 0 Å². The first kappa shape index (κ1) is 19.8. The van der Waals surface area contributed by atoms with Crippen LogP contribution in [-0.4, -0.2) is 34.6 Å². The predicted octanol–water partition coefficient (Wildman–Crippen LogP) is 3.19. The third kappa shape index (κ3) is 4.28. The van der Waals surface area contributed by atoms with Gasteiger partial charge in [-0.1, -0.05) is 18.7 Å². The number of rotatable bonds is 8. The third-order valence-electron chi connectivity index (χ3n) is 4.28. The number of nitrogens with zero attached hydrogens (tertiary/aromatic N) is 1. The summed E-state index contributed by atoms with van der Waals surface area (Å²) in [4.78, 5) is 13.7. The summed E-state index contributed by atoms with van der Waals surface area (Å²) in [6, 6.07) is 11.1. The number of carbonyl (C=O) groups is 1. The van der Waals surface area contributed by atoms with Crippen molar-refractivity contribution in [2.45, 2.75) is 17.7 Å². The number of hydrogen-bond acceptors (Lipinski definition) is 5. The first-order valence-electron chi connectivity index (χ1n) is 8.79. The summed E-state index contributed by atoms with van der Waals surface area (Å²) in [6.07, 6.45) is 2.78. The van der Waals surface area contributed by atoms with Crippen LogP contribution >= 0.6 is 0 Å². The zero-order valence-electron chi connectivity index (χ0n) is 15.6. The van der Waals surface area contributed by atoms with Gasteiger partial charge in [-0.25, -0.2) is 8.42 Å². The summed E-state index contributed by atoms with van der Waals surface area (Å²) in [5, 5.41) is 0. The van der Waals surface area contributed by atoms with Gasteiger partial charge in [0.15, 0.2) is 0 Å². The molecule has 0 unspecified atom stereocenters. The van der Waals surface area contributed by atoms with E-state index in [4.69, 9.17) is 9.47 Å². The summed E-state index contributed by atoms with van der Waals surface area (Å²) >= 11 is 0. The summed E-state index contributed by atoms with van der Waals surface area (Å²) in [5.74, 6) is 0.931. The fraction of sp³-hybridized carbons (Fsp3) is 0.250. The Hall–Kier alpha value is -3.00. The summed E-state index contributed by atoms with van der Waals surface area (Å²) in [7, 11) is -2.38. The Bertz CT molecular complexity index is 988. The maximum absolute atomic E-state index is 12.9. The van der Waals surface area contributed by atoms with E-state index in [-0.39, 0.29) is 10.8 Å². The number of sulfonamides is 1. The molecular weight excluding hydrogens is 380 g/mol. The van der Waals surface area contributed by atoms with Crippen molar-refractivity contribution >= 4 is 27.3 Å². The van der Waals surface area contributed by atoms with Crippen molar-refractivity contribution in [3.8, 4) is 11.5 Å². The maximum atomic E-state index is 12.9. The first-order chi connectivity index (χ1) is 13.4. The number of carbonyl (C=O) groups excluding carboxylic acids is 1. The molecule has 3 rings (SSSR count). The lowest BCUT2D eigenvalue weighted by atomic mass is 10.2. The molecule has 2 aromatic carbocycles. The van der Waals surface area contributed by atoms with Crippen molar-refractivity contribution in [2.24, 2.45) is 0 Å². The molecule has 0 radical (unpaired) electrons. The number of anilines is 2. The van der Waals surface area contributed by atoms with Gasteiger partial charge in [-0.2, -0.15) is 0 Å². The van der Waals surface area contributed by atoms with Gasteiger partial charge in [0.2, 0.25) is 5.91 Å². The lowest BCUT2D eigenvalue weighted by Crippen LogP contribution is -2.24. The van der Waals surface area contributed by atoms with Crippen LogP contribution in [0, 0.1) is 0 Å². The second-order valence-corrected chi connectivity index (χ2v) is 7.90. The minimum atomic E-state index is -3.86. The molecular formula is C20H22N2O5S. The largest absolute Gasteiger partial charge is 0.495 e. The molecule has 2 aromatic rings. The lowest BCUT2D eigenvalue weighted by Gasteiger charge is -2.20. The van der Waals surface area contributed by atoms with Gasteiger partial charge in [0.25, 0.3) is 10.0 Å². The van der Waals surface area contributed by atoms with E-state index in [0.29, 0.717) is 42.4 Å². The van der Waals surface area contributed by atoms with Crippen molar-refractivity contribution in [2.75, 3.05) is 29.9 Å². The fourth-order valence-corrected chi connectivity index (χ4v) is 4.04. The van der Waals surface area contributed by atoms with E-state index in [1.165, 1.54) is 19.2 Å². The molecule has 1 fully saturated rings. The van der Waals surface area contributed by atoms with Gasteiger partial charge in [0.05, 0.1) is 23.4 Å². The highest BCUT2D eigenvalue weighted by atomic mass is 32.2. The zero-order chi connectivity index (χ0) is 20.1. The van der Waals surface area contributed by atoms with Gasteiger partial charge < -0.3 is 14.4 Å². The highest BCUT2D eigenvalue weighted by Gasteiger charge is 2.26. The molecule has 7 nitrogen and oxygen atoms in total. The highest BCUT2D eigenvalue weighted by molar-refractivity contribution is 7.92. The molecule has 148 valence electrons. The minimum Gasteiger partial charge on any atom is -0.495 e.